The first-order valence-electron chi connectivity index (χ1n) is 12.7. The number of aromatic nitrogens is 4. The number of hydrogen-bond donors (Lipinski definition) is 1. The lowest BCUT2D eigenvalue weighted by molar-refractivity contribution is -0.0898. The summed E-state index contributed by atoms with van der Waals surface area (Å²) in [5.41, 5.74) is 3.32. The van der Waals surface area contributed by atoms with Gasteiger partial charge in [-0.05, 0) is 23.1 Å². The lowest BCUT2D eigenvalue weighted by atomic mass is 10.0. The molecule has 1 aliphatic rings. The molecule has 0 saturated carbocycles. The number of tetrazole rings is 1. The Balaban J connectivity index is 1.30. The SMILES string of the molecule is c1ccc(COC[C@H]2O[C@@H](CCc3nn[nH]n3)[C@H](OCc3ccccc3)[C@@H]2OCc2ccccc2)cc1. The average Bonchev–Trinajstić information content (AvgIpc) is 3.59. The van der Waals surface area contributed by atoms with Gasteiger partial charge in [-0.25, -0.2) is 0 Å². The van der Waals surface area contributed by atoms with E-state index in [2.05, 4.69) is 57.0 Å². The second kappa shape index (κ2) is 13.2. The van der Waals surface area contributed by atoms with Crippen LogP contribution in [0.4, 0.5) is 0 Å². The molecule has 1 aromatic heterocycles. The minimum Gasteiger partial charge on any atom is -0.374 e. The van der Waals surface area contributed by atoms with E-state index in [-0.39, 0.29) is 24.4 Å². The maximum absolute atomic E-state index is 6.54. The van der Waals surface area contributed by atoms with Crippen LogP contribution in [0.1, 0.15) is 28.9 Å². The summed E-state index contributed by atoms with van der Waals surface area (Å²) >= 11 is 0. The van der Waals surface area contributed by atoms with Crippen LogP contribution in [-0.4, -0.2) is 51.6 Å². The summed E-state index contributed by atoms with van der Waals surface area (Å²) in [5.74, 6) is 0.649. The Kier molecular flexibility index (Phi) is 9.01. The number of nitrogens with zero attached hydrogens (tertiary/aromatic N) is 3. The summed E-state index contributed by atoms with van der Waals surface area (Å²) < 4.78 is 25.6. The Morgan fingerprint density at radius 3 is 1.76 bits per heavy atom. The summed E-state index contributed by atoms with van der Waals surface area (Å²) in [6.45, 7) is 1.84. The molecule has 2 heterocycles. The molecule has 192 valence electrons. The Morgan fingerprint density at radius 2 is 1.22 bits per heavy atom. The molecule has 0 bridgehead atoms. The Hall–Kier alpha value is -3.43. The molecule has 8 nitrogen and oxygen atoms in total. The quantitative estimate of drug-likeness (QED) is 0.293. The molecule has 1 saturated heterocycles. The molecule has 0 aliphatic carbocycles. The van der Waals surface area contributed by atoms with Crippen LogP contribution in [-0.2, 0) is 45.2 Å². The third kappa shape index (κ3) is 7.30. The van der Waals surface area contributed by atoms with Gasteiger partial charge in [-0.15, -0.1) is 10.2 Å². The molecule has 1 aliphatic heterocycles. The minimum atomic E-state index is -0.296. The standard InChI is InChI=1S/C29H32N4O4/c1-4-10-22(11-5-1)18-34-21-26-29(36-20-24-14-8-3-9-15-24)28(35-19-23-12-6-2-7-13-23)25(37-26)16-17-27-30-32-33-31-27/h1-15,25-26,28-29H,16-21H2,(H,30,31,32,33)/t25-,26+,28-,29+/m0/s1. The van der Waals surface area contributed by atoms with Crippen molar-refractivity contribution in [1.82, 2.24) is 20.6 Å². The molecule has 5 rings (SSSR count). The number of aromatic amines is 1. The number of ether oxygens (including phenoxy) is 4. The third-order valence-corrected chi connectivity index (χ3v) is 6.41. The predicted molar refractivity (Wildman–Crippen MR) is 137 cm³/mol. The number of rotatable bonds is 13. The van der Waals surface area contributed by atoms with Gasteiger partial charge in [0.25, 0.3) is 0 Å². The fraction of sp³-hybridized carbons (Fsp3) is 0.345. The largest absolute Gasteiger partial charge is 0.374 e. The zero-order valence-corrected chi connectivity index (χ0v) is 20.7. The van der Waals surface area contributed by atoms with Gasteiger partial charge >= 0.3 is 0 Å². The van der Waals surface area contributed by atoms with Crippen LogP contribution >= 0.6 is 0 Å². The highest BCUT2D eigenvalue weighted by atomic mass is 16.6. The van der Waals surface area contributed by atoms with Gasteiger partial charge in [0.15, 0.2) is 5.82 Å². The molecule has 0 spiro atoms. The molecular formula is C29H32N4O4. The van der Waals surface area contributed by atoms with Crippen molar-refractivity contribution < 1.29 is 18.9 Å². The lowest BCUT2D eigenvalue weighted by Crippen LogP contribution is -2.39. The first-order valence-corrected chi connectivity index (χ1v) is 12.7. The highest BCUT2D eigenvalue weighted by Crippen LogP contribution is 2.31. The van der Waals surface area contributed by atoms with Crippen LogP contribution in [0.25, 0.3) is 0 Å². The summed E-state index contributed by atoms with van der Waals surface area (Å²) in [4.78, 5) is 0. The molecule has 0 amide bonds. The number of H-pyrrole nitrogens is 1. The fourth-order valence-electron chi connectivity index (χ4n) is 4.53. The zero-order chi connectivity index (χ0) is 25.1. The van der Waals surface area contributed by atoms with Gasteiger partial charge in [0.1, 0.15) is 18.3 Å². The van der Waals surface area contributed by atoms with Crippen LogP contribution in [0.2, 0.25) is 0 Å². The highest BCUT2D eigenvalue weighted by molar-refractivity contribution is 5.15. The summed E-state index contributed by atoms with van der Waals surface area (Å²) in [6.07, 6.45) is 0.252. The second-order valence-corrected chi connectivity index (χ2v) is 9.10. The van der Waals surface area contributed by atoms with E-state index in [0.29, 0.717) is 45.1 Å². The number of nitrogens with one attached hydrogen (secondary N) is 1. The minimum absolute atomic E-state index is 0.201. The van der Waals surface area contributed by atoms with Crippen LogP contribution in [0.5, 0.6) is 0 Å². The smallest absolute Gasteiger partial charge is 0.174 e. The van der Waals surface area contributed by atoms with Crippen molar-refractivity contribution in [2.75, 3.05) is 6.61 Å². The van der Waals surface area contributed by atoms with Crippen LogP contribution in [0.15, 0.2) is 91.0 Å². The van der Waals surface area contributed by atoms with Gasteiger partial charge in [-0.2, -0.15) is 5.21 Å². The molecule has 3 aromatic carbocycles. The van der Waals surface area contributed by atoms with E-state index in [1.54, 1.807) is 0 Å². The molecule has 4 aromatic rings. The van der Waals surface area contributed by atoms with E-state index >= 15 is 0 Å². The number of hydrogen-bond acceptors (Lipinski definition) is 7. The molecule has 0 unspecified atom stereocenters. The molecule has 0 radical (unpaired) electrons. The maximum atomic E-state index is 6.54. The number of aryl methyl sites for hydroxylation is 1. The van der Waals surface area contributed by atoms with Crippen molar-refractivity contribution >= 4 is 0 Å². The Labute approximate surface area is 216 Å². The van der Waals surface area contributed by atoms with Crippen LogP contribution < -0.4 is 0 Å². The molecule has 1 N–H and O–H groups in total. The van der Waals surface area contributed by atoms with E-state index < -0.39 is 0 Å². The first kappa shape index (κ1) is 25.2. The summed E-state index contributed by atoms with van der Waals surface area (Å²) in [5, 5.41) is 14.4. The van der Waals surface area contributed by atoms with Gasteiger partial charge in [0, 0.05) is 6.42 Å². The highest BCUT2D eigenvalue weighted by Gasteiger charge is 2.46. The fourth-order valence-corrected chi connectivity index (χ4v) is 4.53. The van der Waals surface area contributed by atoms with Crippen molar-refractivity contribution in [3.05, 3.63) is 114 Å². The van der Waals surface area contributed by atoms with Crippen molar-refractivity contribution in [3.63, 3.8) is 0 Å². The summed E-state index contributed by atoms with van der Waals surface area (Å²) in [6, 6.07) is 30.4. The van der Waals surface area contributed by atoms with Crippen molar-refractivity contribution in [2.24, 2.45) is 0 Å². The van der Waals surface area contributed by atoms with E-state index in [9.17, 15) is 0 Å². The summed E-state index contributed by atoms with van der Waals surface area (Å²) in [7, 11) is 0. The predicted octanol–water partition coefficient (Wildman–Crippen LogP) is 4.29. The monoisotopic (exact) mass is 500 g/mol. The van der Waals surface area contributed by atoms with Gasteiger partial charge in [-0.3, -0.25) is 0 Å². The van der Waals surface area contributed by atoms with E-state index in [4.69, 9.17) is 18.9 Å². The zero-order valence-electron chi connectivity index (χ0n) is 20.7. The van der Waals surface area contributed by atoms with Gasteiger partial charge in [0.05, 0.1) is 32.5 Å². The normalized spacial score (nSPS) is 21.3. The second-order valence-electron chi connectivity index (χ2n) is 9.10. The van der Waals surface area contributed by atoms with Gasteiger partial charge < -0.3 is 18.9 Å². The van der Waals surface area contributed by atoms with E-state index in [1.165, 1.54) is 0 Å². The molecule has 8 heteroatoms. The van der Waals surface area contributed by atoms with Crippen molar-refractivity contribution in [3.8, 4) is 0 Å². The molecule has 4 atom stereocenters. The van der Waals surface area contributed by atoms with Crippen molar-refractivity contribution in [1.29, 1.82) is 0 Å². The van der Waals surface area contributed by atoms with Crippen LogP contribution in [0.3, 0.4) is 0 Å². The molecule has 1 fully saturated rings. The van der Waals surface area contributed by atoms with E-state index in [0.717, 1.165) is 16.7 Å². The molecular weight excluding hydrogens is 468 g/mol. The first-order chi connectivity index (χ1) is 18.3. The molecule has 37 heavy (non-hydrogen) atoms. The average molecular weight is 501 g/mol. The lowest BCUT2D eigenvalue weighted by Gasteiger charge is -2.25. The third-order valence-electron chi connectivity index (χ3n) is 6.41. The van der Waals surface area contributed by atoms with E-state index in [1.807, 2.05) is 54.6 Å². The maximum Gasteiger partial charge on any atom is 0.174 e. The van der Waals surface area contributed by atoms with Gasteiger partial charge in [0.2, 0.25) is 0 Å². The Bertz CT molecular complexity index is 1160. The van der Waals surface area contributed by atoms with Crippen LogP contribution in [0, 0.1) is 0 Å². The number of benzene rings is 3. The van der Waals surface area contributed by atoms with Crippen molar-refractivity contribution in [2.45, 2.75) is 57.1 Å². The topological polar surface area (TPSA) is 91.4 Å². The van der Waals surface area contributed by atoms with Gasteiger partial charge in [-0.1, -0.05) is 96.2 Å². The Morgan fingerprint density at radius 1 is 0.676 bits per heavy atom.